The van der Waals surface area contributed by atoms with Crippen LogP contribution in [0.1, 0.15) is 0 Å². The van der Waals surface area contributed by atoms with Crippen LogP contribution in [0.3, 0.4) is 0 Å². The zero-order valence-corrected chi connectivity index (χ0v) is 10.4. The van der Waals surface area contributed by atoms with Crippen molar-refractivity contribution in [3.8, 4) is 0 Å². The normalized spacial score (nSPS) is 9.71. The van der Waals surface area contributed by atoms with Crippen molar-refractivity contribution in [3.63, 3.8) is 0 Å². The summed E-state index contributed by atoms with van der Waals surface area (Å²) in [6.07, 6.45) is 1.61. The minimum Gasteiger partial charge on any atom is -0.308 e. The summed E-state index contributed by atoms with van der Waals surface area (Å²) in [6.45, 7) is 0. The Hall–Kier alpha value is -1.88. The van der Waals surface area contributed by atoms with Gasteiger partial charge < -0.3 is 5.32 Å². The Bertz CT molecular complexity index is 516. The maximum atomic E-state index is 11.6. The van der Waals surface area contributed by atoms with Gasteiger partial charge in [-0.2, -0.15) is 0 Å². The van der Waals surface area contributed by atoms with Crippen molar-refractivity contribution in [3.05, 3.63) is 53.1 Å². The fourth-order valence-electron chi connectivity index (χ4n) is 1.27. The highest BCUT2D eigenvalue weighted by Crippen LogP contribution is 2.13. The number of benzene rings is 1. The number of hydrogen-bond acceptors (Lipinski definition) is 2. The SMILES string of the molecule is O=C(Nc1ccccc1)Nc1cc(Br)ccn1. The second-order valence-electron chi connectivity index (χ2n) is 3.30. The van der Waals surface area contributed by atoms with Gasteiger partial charge in [-0.05, 0) is 24.3 Å². The van der Waals surface area contributed by atoms with Crippen LogP contribution < -0.4 is 10.6 Å². The number of halogens is 1. The highest BCUT2D eigenvalue weighted by Gasteiger charge is 2.02. The Balaban J connectivity index is 1.98. The lowest BCUT2D eigenvalue weighted by Gasteiger charge is -2.06. The van der Waals surface area contributed by atoms with Gasteiger partial charge in [0.25, 0.3) is 0 Å². The van der Waals surface area contributed by atoms with Crippen molar-refractivity contribution in [1.82, 2.24) is 4.98 Å². The van der Waals surface area contributed by atoms with Gasteiger partial charge in [0.2, 0.25) is 0 Å². The van der Waals surface area contributed by atoms with Gasteiger partial charge >= 0.3 is 6.03 Å². The van der Waals surface area contributed by atoms with E-state index in [1.807, 2.05) is 30.3 Å². The minimum atomic E-state index is -0.318. The molecule has 0 atom stereocenters. The third-order valence-electron chi connectivity index (χ3n) is 2.00. The quantitative estimate of drug-likeness (QED) is 0.890. The summed E-state index contributed by atoms with van der Waals surface area (Å²) in [5.41, 5.74) is 0.736. The number of nitrogens with one attached hydrogen (secondary N) is 2. The van der Waals surface area contributed by atoms with Crippen molar-refractivity contribution >= 4 is 33.5 Å². The third kappa shape index (κ3) is 3.57. The smallest absolute Gasteiger partial charge is 0.308 e. The second-order valence-corrected chi connectivity index (χ2v) is 4.22. The van der Waals surface area contributed by atoms with E-state index in [1.165, 1.54) is 0 Å². The first-order chi connectivity index (χ1) is 8.24. The van der Waals surface area contributed by atoms with E-state index in [2.05, 4.69) is 31.5 Å². The summed E-state index contributed by atoms with van der Waals surface area (Å²) < 4.78 is 0.863. The monoisotopic (exact) mass is 291 g/mol. The van der Waals surface area contributed by atoms with E-state index in [1.54, 1.807) is 18.3 Å². The Kier molecular flexibility index (Phi) is 3.72. The molecule has 0 aliphatic rings. The van der Waals surface area contributed by atoms with Crippen LogP contribution in [0.5, 0.6) is 0 Å². The Morgan fingerprint density at radius 1 is 1.12 bits per heavy atom. The van der Waals surface area contributed by atoms with Crippen LogP contribution in [-0.4, -0.2) is 11.0 Å². The zero-order valence-electron chi connectivity index (χ0n) is 8.85. The van der Waals surface area contributed by atoms with Crippen LogP contribution in [0.25, 0.3) is 0 Å². The molecule has 86 valence electrons. The van der Waals surface area contributed by atoms with Crippen molar-refractivity contribution < 1.29 is 4.79 Å². The van der Waals surface area contributed by atoms with Crippen LogP contribution in [-0.2, 0) is 0 Å². The Morgan fingerprint density at radius 3 is 2.59 bits per heavy atom. The van der Waals surface area contributed by atoms with Crippen molar-refractivity contribution in [2.24, 2.45) is 0 Å². The van der Waals surface area contributed by atoms with E-state index in [9.17, 15) is 4.79 Å². The van der Waals surface area contributed by atoms with Gasteiger partial charge in [-0.1, -0.05) is 34.1 Å². The first kappa shape index (κ1) is 11.6. The molecule has 0 saturated carbocycles. The number of urea groups is 1. The van der Waals surface area contributed by atoms with Gasteiger partial charge in [0, 0.05) is 16.4 Å². The van der Waals surface area contributed by atoms with Crippen molar-refractivity contribution in [1.29, 1.82) is 0 Å². The molecule has 2 amide bonds. The number of amides is 2. The molecule has 2 rings (SSSR count). The number of para-hydroxylation sites is 1. The molecule has 1 aromatic heterocycles. The number of rotatable bonds is 2. The fourth-order valence-corrected chi connectivity index (χ4v) is 1.61. The number of pyridine rings is 1. The van der Waals surface area contributed by atoms with Crippen LogP contribution >= 0.6 is 15.9 Å². The van der Waals surface area contributed by atoms with E-state index in [4.69, 9.17) is 0 Å². The lowest BCUT2D eigenvalue weighted by molar-refractivity contribution is 0.262. The molecule has 0 spiro atoms. The topological polar surface area (TPSA) is 54.0 Å². The summed E-state index contributed by atoms with van der Waals surface area (Å²) in [5, 5.41) is 5.34. The highest BCUT2D eigenvalue weighted by atomic mass is 79.9. The largest absolute Gasteiger partial charge is 0.324 e. The molecule has 0 fully saturated rings. The molecule has 4 nitrogen and oxygen atoms in total. The van der Waals surface area contributed by atoms with Crippen molar-refractivity contribution in [2.45, 2.75) is 0 Å². The van der Waals surface area contributed by atoms with Gasteiger partial charge in [0.15, 0.2) is 0 Å². The second kappa shape index (κ2) is 5.45. The van der Waals surface area contributed by atoms with Crippen LogP contribution in [0, 0.1) is 0 Å². The standard InChI is InChI=1S/C12H10BrN3O/c13-9-6-7-14-11(8-9)16-12(17)15-10-4-2-1-3-5-10/h1-8H,(H2,14,15,16,17). The Labute approximate surface area is 107 Å². The number of anilines is 2. The number of carbonyl (C=O) groups is 1. The molecule has 1 heterocycles. The molecule has 5 heteroatoms. The molecule has 17 heavy (non-hydrogen) atoms. The molecular weight excluding hydrogens is 282 g/mol. The molecule has 0 radical (unpaired) electrons. The van der Waals surface area contributed by atoms with E-state index < -0.39 is 0 Å². The molecule has 2 N–H and O–H groups in total. The maximum Gasteiger partial charge on any atom is 0.324 e. The van der Waals surface area contributed by atoms with E-state index in [0.29, 0.717) is 5.82 Å². The average molecular weight is 292 g/mol. The number of nitrogens with zero attached hydrogens (tertiary/aromatic N) is 1. The molecule has 0 unspecified atom stereocenters. The lowest BCUT2D eigenvalue weighted by Crippen LogP contribution is -2.19. The predicted molar refractivity (Wildman–Crippen MR) is 71.0 cm³/mol. The number of hydrogen-bond donors (Lipinski definition) is 2. The van der Waals surface area contributed by atoms with Gasteiger partial charge in [-0.3, -0.25) is 5.32 Å². The molecule has 1 aromatic carbocycles. The first-order valence-electron chi connectivity index (χ1n) is 4.98. The summed E-state index contributed by atoms with van der Waals surface area (Å²) in [5.74, 6) is 0.493. The number of carbonyl (C=O) groups excluding carboxylic acids is 1. The van der Waals surface area contributed by atoms with Gasteiger partial charge in [0.05, 0.1) is 0 Å². The molecule has 0 saturated heterocycles. The zero-order chi connectivity index (χ0) is 12.1. The lowest BCUT2D eigenvalue weighted by atomic mass is 10.3. The van der Waals surface area contributed by atoms with E-state index in [-0.39, 0.29) is 6.03 Å². The van der Waals surface area contributed by atoms with Gasteiger partial charge in [-0.25, -0.2) is 9.78 Å². The highest BCUT2D eigenvalue weighted by molar-refractivity contribution is 9.10. The van der Waals surface area contributed by atoms with E-state index >= 15 is 0 Å². The molecular formula is C12H10BrN3O. The average Bonchev–Trinajstić information content (AvgIpc) is 2.30. The first-order valence-corrected chi connectivity index (χ1v) is 5.78. The summed E-state index contributed by atoms with van der Waals surface area (Å²) in [4.78, 5) is 15.6. The van der Waals surface area contributed by atoms with Crippen molar-refractivity contribution in [2.75, 3.05) is 10.6 Å². The maximum absolute atomic E-state index is 11.6. The van der Waals surface area contributed by atoms with Crippen LogP contribution in [0.2, 0.25) is 0 Å². The molecule has 0 bridgehead atoms. The fraction of sp³-hybridized carbons (Fsp3) is 0. The predicted octanol–water partition coefficient (Wildman–Crippen LogP) is 3.49. The minimum absolute atomic E-state index is 0.318. The molecule has 0 aliphatic carbocycles. The third-order valence-corrected chi connectivity index (χ3v) is 2.49. The molecule has 2 aromatic rings. The van der Waals surface area contributed by atoms with Gasteiger partial charge in [-0.15, -0.1) is 0 Å². The summed E-state index contributed by atoms with van der Waals surface area (Å²) in [6, 6.07) is 12.4. The van der Waals surface area contributed by atoms with E-state index in [0.717, 1.165) is 10.2 Å². The summed E-state index contributed by atoms with van der Waals surface area (Å²) in [7, 11) is 0. The van der Waals surface area contributed by atoms with Crippen LogP contribution in [0.4, 0.5) is 16.3 Å². The number of aromatic nitrogens is 1. The Morgan fingerprint density at radius 2 is 1.88 bits per heavy atom. The molecule has 0 aliphatic heterocycles. The van der Waals surface area contributed by atoms with Crippen LogP contribution in [0.15, 0.2) is 53.1 Å². The van der Waals surface area contributed by atoms with Gasteiger partial charge in [0.1, 0.15) is 5.82 Å². The summed E-state index contributed by atoms with van der Waals surface area (Å²) >= 11 is 3.31.